The molecule has 86 valence electrons. The minimum Gasteiger partial charge on any atom is -0.339 e. The first kappa shape index (κ1) is 14.2. The second-order valence-corrected chi connectivity index (χ2v) is 9.71. The van der Waals surface area contributed by atoms with Crippen LogP contribution in [0, 0.1) is 0 Å². The van der Waals surface area contributed by atoms with E-state index in [0.717, 1.165) is 11.1 Å². The van der Waals surface area contributed by atoms with Crippen LogP contribution in [0.15, 0.2) is 0 Å². The van der Waals surface area contributed by atoms with E-state index >= 15 is 0 Å². The van der Waals surface area contributed by atoms with Crippen molar-refractivity contribution in [2.75, 3.05) is 7.05 Å². The SMILES string of the molecule is CCC[Si](NC)(C(C)CC)C(C)CC. The fourth-order valence-corrected chi connectivity index (χ4v) is 8.22. The van der Waals surface area contributed by atoms with Crippen molar-refractivity contribution >= 4 is 8.24 Å². The molecule has 0 radical (unpaired) electrons. The molecule has 1 N–H and O–H groups in total. The predicted molar refractivity (Wildman–Crippen MR) is 69.3 cm³/mol. The quantitative estimate of drug-likeness (QED) is 0.629. The molecule has 2 atom stereocenters. The van der Waals surface area contributed by atoms with E-state index in [9.17, 15) is 0 Å². The van der Waals surface area contributed by atoms with E-state index < -0.39 is 8.24 Å². The highest BCUT2D eigenvalue weighted by Crippen LogP contribution is 2.38. The Morgan fingerprint density at radius 1 is 1.00 bits per heavy atom. The van der Waals surface area contributed by atoms with Crippen LogP contribution < -0.4 is 4.98 Å². The second-order valence-electron chi connectivity index (χ2n) is 4.66. The molecule has 0 rings (SSSR count). The average Bonchev–Trinajstić information content (AvgIpc) is 2.23. The molecule has 0 aliphatic heterocycles. The second kappa shape index (κ2) is 6.62. The molecule has 0 aromatic rings. The maximum atomic E-state index is 3.76. The van der Waals surface area contributed by atoms with Gasteiger partial charge in [-0.15, -0.1) is 0 Å². The van der Waals surface area contributed by atoms with Crippen LogP contribution in [0.1, 0.15) is 53.9 Å². The van der Waals surface area contributed by atoms with Crippen LogP contribution in [0.4, 0.5) is 0 Å². The molecule has 0 aromatic heterocycles. The van der Waals surface area contributed by atoms with Gasteiger partial charge in [-0.3, -0.25) is 0 Å². The summed E-state index contributed by atoms with van der Waals surface area (Å²) in [4.78, 5) is 3.76. The van der Waals surface area contributed by atoms with E-state index in [1.165, 1.54) is 25.3 Å². The fraction of sp³-hybridized carbons (Fsp3) is 1.00. The molecule has 2 heteroatoms. The van der Waals surface area contributed by atoms with Gasteiger partial charge in [-0.2, -0.15) is 0 Å². The Labute approximate surface area is 91.8 Å². The van der Waals surface area contributed by atoms with Gasteiger partial charge < -0.3 is 4.98 Å². The molecule has 1 nitrogen and oxygen atoms in total. The topological polar surface area (TPSA) is 12.0 Å². The van der Waals surface area contributed by atoms with Crippen molar-refractivity contribution in [2.45, 2.75) is 71.0 Å². The summed E-state index contributed by atoms with van der Waals surface area (Å²) in [5.74, 6) is 0. The third-order valence-electron chi connectivity index (χ3n) is 4.11. The molecular weight excluding hydrogens is 186 g/mol. The van der Waals surface area contributed by atoms with Gasteiger partial charge >= 0.3 is 0 Å². The molecule has 0 bridgehead atoms. The highest BCUT2D eigenvalue weighted by molar-refractivity contribution is 6.80. The lowest BCUT2D eigenvalue weighted by Crippen LogP contribution is -2.54. The summed E-state index contributed by atoms with van der Waals surface area (Å²) in [6.07, 6.45) is 4.00. The summed E-state index contributed by atoms with van der Waals surface area (Å²) in [6, 6.07) is 1.44. The molecule has 2 unspecified atom stereocenters. The standard InChI is InChI=1S/C12H29NSi/c1-7-10-14(13-6,11(4)8-2)12(5)9-3/h11-13H,7-10H2,1-6H3. The van der Waals surface area contributed by atoms with E-state index in [1.807, 2.05) is 0 Å². The van der Waals surface area contributed by atoms with E-state index in [-0.39, 0.29) is 0 Å². The third-order valence-corrected chi connectivity index (χ3v) is 10.7. The molecule has 0 spiro atoms. The number of hydrogen-bond donors (Lipinski definition) is 1. The molecule has 14 heavy (non-hydrogen) atoms. The Balaban J connectivity index is 4.76. The molecular formula is C12H29NSi. The maximum Gasteiger partial charge on any atom is 0.131 e. The van der Waals surface area contributed by atoms with E-state index in [0.29, 0.717) is 0 Å². The first-order valence-corrected chi connectivity index (χ1v) is 8.64. The molecule has 0 amide bonds. The van der Waals surface area contributed by atoms with Crippen LogP contribution in [0.3, 0.4) is 0 Å². The summed E-state index contributed by atoms with van der Waals surface area (Å²) >= 11 is 0. The van der Waals surface area contributed by atoms with Crippen molar-refractivity contribution in [3.8, 4) is 0 Å². The molecule has 0 saturated heterocycles. The maximum absolute atomic E-state index is 3.76. The molecule has 0 aromatic carbocycles. The zero-order chi connectivity index (χ0) is 11.2. The van der Waals surface area contributed by atoms with Gasteiger partial charge in [-0.25, -0.2) is 0 Å². The van der Waals surface area contributed by atoms with Crippen LogP contribution in [-0.4, -0.2) is 15.3 Å². The van der Waals surface area contributed by atoms with Crippen molar-refractivity contribution in [3.05, 3.63) is 0 Å². The van der Waals surface area contributed by atoms with Gasteiger partial charge in [-0.05, 0) is 24.2 Å². The Kier molecular flexibility index (Phi) is 6.71. The number of nitrogens with one attached hydrogen (secondary N) is 1. The minimum atomic E-state index is -1.23. The summed E-state index contributed by atoms with van der Waals surface area (Å²) in [5.41, 5.74) is 1.81. The highest BCUT2D eigenvalue weighted by atomic mass is 28.3. The lowest BCUT2D eigenvalue weighted by Gasteiger charge is -2.41. The predicted octanol–water partition coefficient (Wildman–Crippen LogP) is 4.16. The normalized spacial score (nSPS) is 20.1. The molecule has 0 aliphatic carbocycles. The monoisotopic (exact) mass is 215 g/mol. The zero-order valence-electron chi connectivity index (χ0n) is 11.0. The lowest BCUT2D eigenvalue weighted by atomic mass is 10.3. The summed E-state index contributed by atoms with van der Waals surface area (Å²) in [5, 5.41) is 0. The lowest BCUT2D eigenvalue weighted by molar-refractivity contribution is 0.705. The van der Waals surface area contributed by atoms with E-state index in [1.54, 1.807) is 0 Å². The highest BCUT2D eigenvalue weighted by Gasteiger charge is 2.40. The van der Waals surface area contributed by atoms with Gasteiger partial charge in [0.2, 0.25) is 0 Å². The minimum absolute atomic E-state index is 0.905. The van der Waals surface area contributed by atoms with Gasteiger partial charge in [0, 0.05) is 0 Å². The van der Waals surface area contributed by atoms with Crippen molar-refractivity contribution in [1.82, 2.24) is 4.98 Å². The first-order valence-electron chi connectivity index (χ1n) is 6.27. The Hall–Kier alpha value is 0.177. The Bertz CT molecular complexity index is 137. The third kappa shape index (κ3) is 2.83. The fourth-order valence-electron chi connectivity index (χ4n) is 2.74. The Morgan fingerprint density at radius 3 is 1.64 bits per heavy atom. The van der Waals surface area contributed by atoms with Gasteiger partial charge in [0.25, 0.3) is 0 Å². The van der Waals surface area contributed by atoms with Crippen molar-refractivity contribution in [3.63, 3.8) is 0 Å². The van der Waals surface area contributed by atoms with Gasteiger partial charge in [0.15, 0.2) is 0 Å². The van der Waals surface area contributed by atoms with Crippen molar-refractivity contribution in [2.24, 2.45) is 0 Å². The van der Waals surface area contributed by atoms with Crippen LogP contribution >= 0.6 is 0 Å². The van der Waals surface area contributed by atoms with Crippen LogP contribution in [0.2, 0.25) is 17.1 Å². The van der Waals surface area contributed by atoms with E-state index in [2.05, 4.69) is 46.6 Å². The summed E-state index contributed by atoms with van der Waals surface area (Å²) < 4.78 is 0. The number of hydrogen-bond acceptors (Lipinski definition) is 1. The zero-order valence-corrected chi connectivity index (χ0v) is 12.0. The van der Waals surface area contributed by atoms with Gasteiger partial charge in [-0.1, -0.05) is 53.9 Å². The largest absolute Gasteiger partial charge is 0.339 e. The molecule has 0 aliphatic rings. The van der Waals surface area contributed by atoms with Crippen molar-refractivity contribution < 1.29 is 0 Å². The van der Waals surface area contributed by atoms with Crippen molar-refractivity contribution in [1.29, 1.82) is 0 Å². The molecule has 0 heterocycles. The smallest absolute Gasteiger partial charge is 0.131 e. The summed E-state index contributed by atoms with van der Waals surface area (Å²) in [7, 11) is 0.968. The van der Waals surface area contributed by atoms with Gasteiger partial charge in [0.05, 0.1) is 0 Å². The average molecular weight is 215 g/mol. The number of rotatable bonds is 7. The molecule has 0 fully saturated rings. The first-order chi connectivity index (χ1) is 6.58. The van der Waals surface area contributed by atoms with Crippen LogP contribution in [0.25, 0.3) is 0 Å². The Morgan fingerprint density at radius 2 is 1.43 bits per heavy atom. The van der Waals surface area contributed by atoms with Gasteiger partial charge in [0.1, 0.15) is 8.24 Å². The van der Waals surface area contributed by atoms with E-state index in [4.69, 9.17) is 0 Å². The summed E-state index contributed by atoms with van der Waals surface area (Å²) in [6.45, 7) is 11.9. The molecule has 0 saturated carbocycles. The van der Waals surface area contributed by atoms with Crippen LogP contribution in [-0.2, 0) is 0 Å². The van der Waals surface area contributed by atoms with Crippen LogP contribution in [0.5, 0.6) is 0 Å².